The van der Waals surface area contributed by atoms with Gasteiger partial charge in [-0.3, -0.25) is 4.79 Å². The van der Waals surface area contributed by atoms with Gasteiger partial charge in [0.25, 0.3) is 0 Å². The number of carbonyl (C=O) groups is 1. The summed E-state index contributed by atoms with van der Waals surface area (Å²) in [7, 11) is -3.92. The van der Waals surface area contributed by atoms with Crippen LogP contribution >= 0.6 is 0 Å². The van der Waals surface area contributed by atoms with Gasteiger partial charge in [0.15, 0.2) is 0 Å². The number of aryl methyl sites for hydroxylation is 3. The van der Waals surface area contributed by atoms with Crippen LogP contribution in [-0.4, -0.2) is 36.3 Å². The summed E-state index contributed by atoms with van der Waals surface area (Å²) in [4.78, 5) is 13.7. The number of aliphatic hydroxyl groups is 1. The number of benzene rings is 3. The van der Waals surface area contributed by atoms with E-state index in [1.165, 1.54) is 4.31 Å². The van der Waals surface area contributed by atoms with Crippen molar-refractivity contribution in [1.29, 1.82) is 0 Å². The highest BCUT2D eigenvalue weighted by atomic mass is 32.2. The monoisotopic (exact) mass is 492 g/mol. The number of amides is 1. The lowest BCUT2D eigenvalue weighted by molar-refractivity contribution is -0.125. The second-order valence-electron chi connectivity index (χ2n) is 9.29. The van der Waals surface area contributed by atoms with Crippen molar-refractivity contribution in [2.75, 3.05) is 6.54 Å². The highest BCUT2D eigenvalue weighted by Crippen LogP contribution is 2.32. The SMILES string of the molecule is Cc1cc(C)c(S(=O)(=O)N2Cc3ccccc3CC2C(=O)NCCc2cccc(CO)c2)c(C)c1. The van der Waals surface area contributed by atoms with Crippen molar-refractivity contribution in [3.05, 3.63) is 99.6 Å². The summed E-state index contributed by atoms with van der Waals surface area (Å²) < 4.78 is 29.3. The normalized spacial score (nSPS) is 16.1. The van der Waals surface area contributed by atoms with Gasteiger partial charge in [-0.1, -0.05) is 66.2 Å². The number of fused-ring (bicyclic) bond motifs is 1. The molecule has 0 fully saturated rings. The number of hydrogen-bond donors (Lipinski definition) is 2. The van der Waals surface area contributed by atoms with Crippen LogP contribution in [0, 0.1) is 20.8 Å². The Morgan fingerprint density at radius 1 is 0.971 bits per heavy atom. The zero-order chi connectivity index (χ0) is 25.2. The molecule has 6 nitrogen and oxygen atoms in total. The second kappa shape index (κ2) is 10.3. The topological polar surface area (TPSA) is 86.7 Å². The fraction of sp³-hybridized carbons (Fsp3) is 0.321. The van der Waals surface area contributed by atoms with Crippen LogP contribution in [0.1, 0.15) is 38.9 Å². The zero-order valence-corrected chi connectivity index (χ0v) is 21.2. The average Bonchev–Trinajstić information content (AvgIpc) is 2.82. The van der Waals surface area contributed by atoms with Crippen molar-refractivity contribution < 1.29 is 18.3 Å². The van der Waals surface area contributed by atoms with Crippen LogP contribution in [0.4, 0.5) is 0 Å². The number of nitrogens with zero attached hydrogens (tertiary/aromatic N) is 1. The molecule has 3 aromatic rings. The molecule has 1 unspecified atom stereocenters. The lowest BCUT2D eigenvalue weighted by Gasteiger charge is -2.35. The number of carbonyl (C=O) groups excluding carboxylic acids is 1. The lowest BCUT2D eigenvalue weighted by Crippen LogP contribution is -2.52. The van der Waals surface area contributed by atoms with E-state index in [4.69, 9.17) is 0 Å². The first-order valence-electron chi connectivity index (χ1n) is 11.8. The maximum Gasteiger partial charge on any atom is 0.244 e. The van der Waals surface area contributed by atoms with E-state index >= 15 is 0 Å². The fourth-order valence-electron chi connectivity index (χ4n) is 5.00. The molecule has 3 aromatic carbocycles. The van der Waals surface area contributed by atoms with Gasteiger partial charge >= 0.3 is 0 Å². The van der Waals surface area contributed by atoms with Crippen LogP contribution in [0.3, 0.4) is 0 Å². The third-order valence-electron chi connectivity index (χ3n) is 6.57. The predicted molar refractivity (Wildman–Crippen MR) is 136 cm³/mol. The molecular weight excluding hydrogens is 460 g/mol. The predicted octanol–water partition coefficient (Wildman–Crippen LogP) is 3.58. The smallest absolute Gasteiger partial charge is 0.244 e. The summed E-state index contributed by atoms with van der Waals surface area (Å²) in [6.45, 7) is 6.05. The number of sulfonamides is 1. The minimum atomic E-state index is -3.92. The van der Waals surface area contributed by atoms with Gasteiger partial charge in [0.1, 0.15) is 6.04 Å². The van der Waals surface area contributed by atoms with Crippen molar-refractivity contribution in [2.24, 2.45) is 0 Å². The van der Waals surface area contributed by atoms with Gasteiger partial charge in [0.05, 0.1) is 11.5 Å². The lowest BCUT2D eigenvalue weighted by atomic mass is 9.95. The molecule has 2 N–H and O–H groups in total. The van der Waals surface area contributed by atoms with Crippen LogP contribution in [0.5, 0.6) is 0 Å². The maximum atomic E-state index is 14.0. The zero-order valence-electron chi connectivity index (χ0n) is 20.4. The maximum absolute atomic E-state index is 14.0. The average molecular weight is 493 g/mol. The Hall–Kier alpha value is -3.00. The first-order chi connectivity index (χ1) is 16.7. The van der Waals surface area contributed by atoms with Gasteiger partial charge in [-0.15, -0.1) is 0 Å². The molecule has 1 heterocycles. The van der Waals surface area contributed by atoms with Crippen LogP contribution in [0.15, 0.2) is 65.6 Å². The van der Waals surface area contributed by atoms with E-state index in [9.17, 15) is 18.3 Å². The van der Waals surface area contributed by atoms with E-state index in [0.29, 0.717) is 30.5 Å². The molecule has 0 aliphatic carbocycles. The summed E-state index contributed by atoms with van der Waals surface area (Å²) in [6, 6.07) is 18.2. The van der Waals surface area contributed by atoms with E-state index in [0.717, 1.165) is 27.8 Å². The van der Waals surface area contributed by atoms with Crippen molar-refractivity contribution in [3.8, 4) is 0 Å². The second-order valence-corrected chi connectivity index (χ2v) is 11.1. The Balaban J connectivity index is 1.61. The Morgan fingerprint density at radius 3 is 2.31 bits per heavy atom. The van der Waals surface area contributed by atoms with Gasteiger partial charge in [0, 0.05) is 13.1 Å². The molecule has 7 heteroatoms. The molecule has 1 aliphatic rings. The number of hydrogen-bond acceptors (Lipinski definition) is 4. The van der Waals surface area contributed by atoms with E-state index < -0.39 is 16.1 Å². The van der Waals surface area contributed by atoms with Gasteiger partial charge in [-0.25, -0.2) is 8.42 Å². The molecule has 35 heavy (non-hydrogen) atoms. The first kappa shape index (κ1) is 25.1. The Bertz CT molecular complexity index is 1330. The summed E-state index contributed by atoms with van der Waals surface area (Å²) >= 11 is 0. The van der Waals surface area contributed by atoms with Gasteiger partial charge in [-0.2, -0.15) is 4.31 Å². The molecule has 184 valence electrons. The molecule has 0 bridgehead atoms. The number of nitrogens with one attached hydrogen (secondary N) is 1. The quantitative estimate of drug-likeness (QED) is 0.528. The third-order valence-corrected chi connectivity index (χ3v) is 8.73. The van der Waals surface area contributed by atoms with Crippen LogP contribution in [0.2, 0.25) is 0 Å². The van der Waals surface area contributed by atoms with Crippen molar-refractivity contribution in [3.63, 3.8) is 0 Å². The first-order valence-corrected chi connectivity index (χ1v) is 13.3. The number of rotatable bonds is 7. The van der Waals surface area contributed by atoms with Crippen LogP contribution in [0.25, 0.3) is 0 Å². The molecule has 0 aromatic heterocycles. The highest BCUT2D eigenvalue weighted by Gasteiger charge is 2.40. The van der Waals surface area contributed by atoms with Crippen LogP contribution < -0.4 is 5.32 Å². The summed E-state index contributed by atoms with van der Waals surface area (Å²) in [5.41, 5.74) is 6.10. The van der Waals surface area contributed by atoms with E-state index in [2.05, 4.69) is 5.32 Å². The minimum absolute atomic E-state index is 0.0354. The van der Waals surface area contributed by atoms with Gasteiger partial charge < -0.3 is 10.4 Å². The van der Waals surface area contributed by atoms with Gasteiger partial charge in [0.2, 0.25) is 15.9 Å². The van der Waals surface area contributed by atoms with E-state index in [-0.39, 0.29) is 24.0 Å². The van der Waals surface area contributed by atoms with Crippen molar-refractivity contribution in [2.45, 2.75) is 57.7 Å². The van der Waals surface area contributed by atoms with Gasteiger partial charge in [-0.05, 0) is 67.0 Å². The van der Waals surface area contributed by atoms with Crippen molar-refractivity contribution in [1.82, 2.24) is 9.62 Å². The molecule has 0 radical (unpaired) electrons. The van der Waals surface area contributed by atoms with E-state index in [1.807, 2.05) is 67.6 Å². The Labute approximate surface area is 207 Å². The molecule has 0 spiro atoms. The van der Waals surface area contributed by atoms with E-state index in [1.54, 1.807) is 13.8 Å². The molecule has 4 rings (SSSR count). The summed E-state index contributed by atoms with van der Waals surface area (Å²) in [5, 5.41) is 12.3. The van der Waals surface area contributed by atoms with Crippen molar-refractivity contribution >= 4 is 15.9 Å². The highest BCUT2D eigenvalue weighted by molar-refractivity contribution is 7.89. The number of aliphatic hydroxyl groups excluding tert-OH is 1. The largest absolute Gasteiger partial charge is 0.392 e. The summed E-state index contributed by atoms with van der Waals surface area (Å²) in [6.07, 6.45) is 0.914. The summed E-state index contributed by atoms with van der Waals surface area (Å²) in [5.74, 6) is -0.302. The molecular formula is C28H32N2O4S. The minimum Gasteiger partial charge on any atom is -0.392 e. The molecule has 1 atom stereocenters. The van der Waals surface area contributed by atoms with Crippen LogP contribution in [-0.2, 0) is 40.8 Å². The standard InChI is InChI=1S/C28H32N2O4S/c1-19-13-20(2)27(21(3)14-19)35(33,34)30-17-25-10-5-4-9-24(25)16-26(30)28(32)29-12-11-22-7-6-8-23(15-22)18-31/h4-10,13-15,26,31H,11-12,16-18H2,1-3H3,(H,29,32). The molecule has 0 saturated carbocycles. The fourth-order valence-corrected chi connectivity index (χ4v) is 6.98. The Kier molecular flexibility index (Phi) is 7.40. The Morgan fingerprint density at radius 2 is 1.63 bits per heavy atom. The molecule has 0 saturated heterocycles. The molecule has 1 amide bonds. The molecule has 1 aliphatic heterocycles. The third kappa shape index (κ3) is 5.32.